The van der Waals surface area contributed by atoms with Crippen LogP contribution in [0, 0.1) is 18.8 Å². The van der Waals surface area contributed by atoms with Gasteiger partial charge in [0.15, 0.2) is 0 Å². The second-order valence-electron chi connectivity index (χ2n) is 5.41. The van der Waals surface area contributed by atoms with E-state index < -0.39 is 10.0 Å². The van der Waals surface area contributed by atoms with E-state index in [9.17, 15) is 8.42 Å². The quantitative estimate of drug-likeness (QED) is 0.900. The molecule has 0 bridgehead atoms. The standard InChI is InChI=1S/C13H17ClN2O2S/c1-9-2-3-12(14)4-13(9)19(17,18)16-7-10-5-15-6-11(10)8-16/h2-4,10-11,15H,5-8H2,1H3. The van der Waals surface area contributed by atoms with Crippen LogP contribution in [0.5, 0.6) is 0 Å². The Bertz CT molecular complexity index is 591. The zero-order valence-corrected chi connectivity index (χ0v) is 12.3. The lowest BCUT2D eigenvalue weighted by atomic mass is 10.0. The van der Waals surface area contributed by atoms with Crippen molar-refractivity contribution in [3.63, 3.8) is 0 Å². The van der Waals surface area contributed by atoms with Gasteiger partial charge in [0, 0.05) is 18.1 Å². The van der Waals surface area contributed by atoms with Gasteiger partial charge in [-0.25, -0.2) is 8.42 Å². The van der Waals surface area contributed by atoms with Crippen LogP contribution in [0.15, 0.2) is 23.1 Å². The van der Waals surface area contributed by atoms with Crippen LogP contribution in [0.2, 0.25) is 5.02 Å². The summed E-state index contributed by atoms with van der Waals surface area (Å²) in [6.45, 7) is 4.88. The monoisotopic (exact) mass is 300 g/mol. The van der Waals surface area contributed by atoms with E-state index in [-0.39, 0.29) is 0 Å². The van der Waals surface area contributed by atoms with Gasteiger partial charge in [0.05, 0.1) is 4.90 Å². The van der Waals surface area contributed by atoms with Gasteiger partial charge in [-0.1, -0.05) is 17.7 Å². The molecule has 2 fully saturated rings. The minimum atomic E-state index is -3.41. The van der Waals surface area contributed by atoms with Gasteiger partial charge in [-0.15, -0.1) is 0 Å². The van der Waals surface area contributed by atoms with Crippen molar-refractivity contribution in [2.24, 2.45) is 11.8 Å². The number of fused-ring (bicyclic) bond motifs is 1. The summed E-state index contributed by atoms with van der Waals surface area (Å²) >= 11 is 5.93. The van der Waals surface area contributed by atoms with Gasteiger partial charge >= 0.3 is 0 Å². The van der Waals surface area contributed by atoms with Crippen molar-refractivity contribution in [3.8, 4) is 0 Å². The third-order valence-electron chi connectivity index (χ3n) is 4.12. The number of rotatable bonds is 2. The third-order valence-corrected chi connectivity index (χ3v) is 6.33. The second-order valence-corrected chi connectivity index (χ2v) is 7.75. The van der Waals surface area contributed by atoms with Crippen LogP contribution in [-0.4, -0.2) is 38.9 Å². The minimum absolute atomic E-state index is 0.341. The third kappa shape index (κ3) is 2.29. The van der Waals surface area contributed by atoms with E-state index in [4.69, 9.17) is 11.6 Å². The Balaban J connectivity index is 1.93. The van der Waals surface area contributed by atoms with E-state index in [1.54, 1.807) is 22.5 Å². The Morgan fingerprint density at radius 3 is 2.53 bits per heavy atom. The van der Waals surface area contributed by atoms with Crippen LogP contribution in [0.1, 0.15) is 5.56 Å². The predicted octanol–water partition coefficient (Wildman–Crippen LogP) is 1.49. The van der Waals surface area contributed by atoms with Crippen LogP contribution in [0.3, 0.4) is 0 Å². The smallest absolute Gasteiger partial charge is 0.243 e. The molecule has 0 amide bonds. The SMILES string of the molecule is Cc1ccc(Cl)cc1S(=O)(=O)N1CC2CNCC2C1. The number of aryl methyl sites for hydroxylation is 1. The Morgan fingerprint density at radius 1 is 1.26 bits per heavy atom. The summed E-state index contributed by atoms with van der Waals surface area (Å²) in [7, 11) is -3.41. The summed E-state index contributed by atoms with van der Waals surface area (Å²) < 4.78 is 27.0. The summed E-state index contributed by atoms with van der Waals surface area (Å²) in [4.78, 5) is 0.341. The molecule has 1 aromatic carbocycles. The number of halogens is 1. The molecule has 1 aromatic rings. The average molecular weight is 301 g/mol. The van der Waals surface area contributed by atoms with Gasteiger partial charge in [-0.3, -0.25) is 0 Å². The molecule has 1 N–H and O–H groups in total. The van der Waals surface area contributed by atoms with Crippen LogP contribution >= 0.6 is 11.6 Å². The summed E-state index contributed by atoms with van der Waals surface area (Å²) in [6, 6.07) is 5.03. The first-order chi connectivity index (χ1) is 8.98. The van der Waals surface area contributed by atoms with Gasteiger partial charge in [-0.05, 0) is 49.5 Å². The van der Waals surface area contributed by atoms with Crippen molar-refractivity contribution < 1.29 is 8.42 Å². The van der Waals surface area contributed by atoms with Crippen molar-refractivity contribution in [3.05, 3.63) is 28.8 Å². The molecule has 2 aliphatic rings. The first-order valence-electron chi connectivity index (χ1n) is 6.45. The molecule has 3 rings (SSSR count). The topological polar surface area (TPSA) is 49.4 Å². The number of benzene rings is 1. The number of sulfonamides is 1. The highest BCUT2D eigenvalue weighted by atomic mass is 35.5. The van der Waals surface area contributed by atoms with E-state index in [0.29, 0.717) is 34.8 Å². The van der Waals surface area contributed by atoms with Crippen molar-refractivity contribution in [2.45, 2.75) is 11.8 Å². The Hall–Kier alpha value is -0.620. The fourth-order valence-corrected chi connectivity index (χ4v) is 5.04. The molecule has 0 radical (unpaired) electrons. The second kappa shape index (κ2) is 4.74. The van der Waals surface area contributed by atoms with Gasteiger partial charge in [-0.2, -0.15) is 4.31 Å². The van der Waals surface area contributed by atoms with Crippen molar-refractivity contribution >= 4 is 21.6 Å². The summed E-state index contributed by atoms with van der Waals surface area (Å²) in [5.41, 5.74) is 0.750. The summed E-state index contributed by atoms with van der Waals surface area (Å²) in [5.74, 6) is 0.906. The highest BCUT2D eigenvalue weighted by Crippen LogP contribution is 2.32. The molecule has 4 nitrogen and oxygen atoms in total. The molecule has 2 aliphatic heterocycles. The Morgan fingerprint density at radius 2 is 1.89 bits per heavy atom. The van der Waals surface area contributed by atoms with Crippen molar-refractivity contribution in [2.75, 3.05) is 26.2 Å². The molecule has 19 heavy (non-hydrogen) atoms. The lowest BCUT2D eigenvalue weighted by Gasteiger charge is -2.19. The molecule has 0 spiro atoms. The van der Waals surface area contributed by atoms with E-state index in [1.165, 1.54) is 0 Å². The van der Waals surface area contributed by atoms with E-state index in [1.807, 2.05) is 6.92 Å². The van der Waals surface area contributed by atoms with Gasteiger partial charge < -0.3 is 5.32 Å². The molecule has 0 aliphatic carbocycles. The first-order valence-corrected chi connectivity index (χ1v) is 8.27. The van der Waals surface area contributed by atoms with E-state index in [2.05, 4.69) is 5.32 Å². The fraction of sp³-hybridized carbons (Fsp3) is 0.538. The lowest BCUT2D eigenvalue weighted by molar-refractivity contribution is 0.447. The zero-order valence-electron chi connectivity index (χ0n) is 10.8. The van der Waals surface area contributed by atoms with Gasteiger partial charge in [0.1, 0.15) is 0 Å². The maximum absolute atomic E-state index is 12.7. The molecule has 2 unspecified atom stereocenters. The molecule has 2 heterocycles. The van der Waals surface area contributed by atoms with Crippen molar-refractivity contribution in [1.29, 1.82) is 0 Å². The zero-order chi connectivity index (χ0) is 13.6. The molecule has 0 saturated carbocycles. The molecular weight excluding hydrogens is 284 g/mol. The highest BCUT2D eigenvalue weighted by molar-refractivity contribution is 7.89. The summed E-state index contributed by atoms with van der Waals surface area (Å²) in [5, 5.41) is 3.78. The van der Waals surface area contributed by atoms with Crippen LogP contribution in [0.25, 0.3) is 0 Å². The number of hydrogen-bond acceptors (Lipinski definition) is 3. The molecular formula is C13H17ClN2O2S. The maximum Gasteiger partial charge on any atom is 0.243 e. The maximum atomic E-state index is 12.7. The van der Waals surface area contributed by atoms with E-state index in [0.717, 1.165) is 18.7 Å². The molecule has 104 valence electrons. The molecule has 2 atom stereocenters. The minimum Gasteiger partial charge on any atom is -0.316 e. The largest absolute Gasteiger partial charge is 0.316 e. The predicted molar refractivity (Wildman–Crippen MR) is 74.8 cm³/mol. The van der Waals surface area contributed by atoms with Crippen molar-refractivity contribution in [1.82, 2.24) is 9.62 Å². The number of hydrogen-bond donors (Lipinski definition) is 1. The van der Waals surface area contributed by atoms with Crippen LogP contribution < -0.4 is 5.32 Å². The Kier molecular flexibility index (Phi) is 3.33. The molecule has 6 heteroatoms. The Labute approximate surface area is 118 Å². The highest BCUT2D eigenvalue weighted by Gasteiger charge is 2.41. The van der Waals surface area contributed by atoms with Crippen LogP contribution in [0.4, 0.5) is 0 Å². The summed E-state index contributed by atoms with van der Waals surface area (Å²) in [6.07, 6.45) is 0. The first kappa shape index (κ1) is 13.4. The molecule has 0 aromatic heterocycles. The van der Waals surface area contributed by atoms with Gasteiger partial charge in [0.2, 0.25) is 10.0 Å². The van der Waals surface area contributed by atoms with Gasteiger partial charge in [0.25, 0.3) is 0 Å². The normalized spacial score (nSPS) is 27.7. The number of nitrogens with zero attached hydrogens (tertiary/aromatic N) is 1. The number of nitrogens with one attached hydrogen (secondary N) is 1. The van der Waals surface area contributed by atoms with Crippen LogP contribution in [-0.2, 0) is 10.0 Å². The molecule has 2 saturated heterocycles. The average Bonchev–Trinajstić information content (AvgIpc) is 2.92. The lowest BCUT2D eigenvalue weighted by Crippen LogP contribution is -2.32. The van der Waals surface area contributed by atoms with E-state index >= 15 is 0 Å². The fourth-order valence-electron chi connectivity index (χ4n) is 3.00.